The second-order valence-electron chi connectivity index (χ2n) is 4.20. The molecule has 0 bridgehead atoms. The molecule has 0 aliphatic heterocycles. The fourth-order valence-corrected chi connectivity index (χ4v) is 2.48. The topological polar surface area (TPSA) is 29.5 Å². The minimum atomic E-state index is -1.49. The van der Waals surface area contributed by atoms with Crippen LogP contribution in [0, 0.1) is 11.6 Å². The number of halogens is 5. The average Bonchev–Trinajstić information content (AvgIpc) is 2.44. The smallest absolute Gasteiger partial charge is 0.142 e. The van der Waals surface area contributed by atoms with Gasteiger partial charge in [0, 0.05) is 17.2 Å². The summed E-state index contributed by atoms with van der Waals surface area (Å²) in [6, 6.07) is 4.32. The van der Waals surface area contributed by atoms with E-state index in [1.807, 2.05) is 0 Å². The molecule has 0 aliphatic rings. The van der Waals surface area contributed by atoms with Crippen molar-refractivity contribution in [1.29, 1.82) is 0 Å². The van der Waals surface area contributed by atoms with Gasteiger partial charge in [-0.25, -0.2) is 8.78 Å². The molecular weight excluding hydrogens is 345 g/mol. The van der Waals surface area contributed by atoms with E-state index in [0.29, 0.717) is 5.75 Å². The van der Waals surface area contributed by atoms with Crippen LogP contribution in [0.25, 0.3) is 0 Å². The van der Waals surface area contributed by atoms with Crippen LogP contribution in [0.3, 0.4) is 0 Å². The third-order valence-corrected chi connectivity index (χ3v) is 3.81. The summed E-state index contributed by atoms with van der Waals surface area (Å²) in [7, 11) is 1.40. The van der Waals surface area contributed by atoms with Crippen molar-refractivity contribution in [3.05, 3.63) is 62.1 Å². The van der Waals surface area contributed by atoms with Crippen LogP contribution < -0.4 is 4.74 Å². The number of benzene rings is 2. The van der Waals surface area contributed by atoms with Gasteiger partial charge in [-0.15, -0.1) is 0 Å². The van der Waals surface area contributed by atoms with Gasteiger partial charge in [0.1, 0.15) is 23.5 Å². The number of ether oxygens (including phenoxy) is 1. The summed E-state index contributed by atoms with van der Waals surface area (Å²) in [5.74, 6) is -1.39. The van der Waals surface area contributed by atoms with E-state index in [-0.39, 0.29) is 26.2 Å². The van der Waals surface area contributed by atoms with Gasteiger partial charge < -0.3 is 9.84 Å². The van der Waals surface area contributed by atoms with Gasteiger partial charge in [-0.2, -0.15) is 0 Å². The number of hydrogen-bond acceptors (Lipinski definition) is 2. The van der Waals surface area contributed by atoms with E-state index in [2.05, 4.69) is 0 Å². The zero-order valence-electron chi connectivity index (χ0n) is 10.6. The molecule has 21 heavy (non-hydrogen) atoms. The van der Waals surface area contributed by atoms with Crippen molar-refractivity contribution in [3.63, 3.8) is 0 Å². The molecule has 112 valence electrons. The van der Waals surface area contributed by atoms with Crippen molar-refractivity contribution < 1.29 is 18.6 Å². The standard InChI is InChI=1S/C14H9Cl3F2O2/c1-21-13-5-8(15)6(2-10(13)17)14(20)7-3-12(19)9(16)4-11(7)18/h2-5,14,20H,1H3. The predicted molar refractivity (Wildman–Crippen MR) is 78.4 cm³/mol. The molecule has 0 fully saturated rings. The van der Waals surface area contributed by atoms with E-state index in [9.17, 15) is 13.9 Å². The highest BCUT2D eigenvalue weighted by molar-refractivity contribution is 6.34. The number of rotatable bonds is 3. The first kappa shape index (κ1) is 16.3. The van der Waals surface area contributed by atoms with E-state index < -0.39 is 17.7 Å². The summed E-state index contributed by atoms with van der Waals surface area (Å²) in [5.41, 5.74) is -0.164. The molecule has 2 nitrogen and oxygen atoms in total. The van der Waals surface area contributed by atoms with Crippen LogP contribution in [0.15, 0.2) is 24.3 Å². The summed E-state index contributed by atoms with van der Waals surface area (Å²) >= 11 is 17.4. The Balaban J connectivity index is 2.52. The van der Waals surface area contributed by atoms with Gasteiger partial charge in [-0.3, -0.25) is 0 Å². The lowest BCUT2D eigenvalue weighted by atomic mass is 10.0. The van der Waals surface area contributed by atoms with Gasteiger partial charge in [0.25, 0.3) is 0 Å². The number of methoxy groups -OCH3 is 1. The van der Waals surface area contributed by atoms with Gasteiger partial charge >= 0.3 is 0 Å². The largest absolute Gasteiger partial charge is 0.495 e. The molecule has 0 amide bonds. The Hall–Kier alpha value is -1.07. The first-order chi connectivity index (χ1) is 9.85. The summed E-state index contributed by atoms with van der Waals surface area (Å²) in [5, 5.41) is 10.1. The molecule has 0 radical (unpaired) electrons. The molecular formula is C14H9Cl3F2O2. The molecule has 2 rings (SSSR count). The lowest BCUT2D eigenvalue weighted by Crippen LogP contribution is -2.05. The monoisotopic (exact) mass is 352 g/mol. The summed E-state index contributed by atoms with van der Waals surface area (Å²) in [4.78, 5) is 0. The second kappa shape index (κ2) is 6.36. The van der Waals surface area contributed by atoms with Crippen LogP contribution in [0.1, 0.15) is 17.2 Å². The molecule has 2 aromatic rings. The Bertz CT molecular complexity index is 692. The van der Waals surface area contributed by atoms with E-state index in [1.165, 1.54) is 19.2 Å². The van der Waals surface area contributed by atoms with Gasteiger partial charge in [-0.05, 0) is 18.2 Å². The van der Waals surface area contributed by atoms with Gasteiger partial charge in [0.2, 0.25) is 0 Å². The van der Waals surface area contributed by atoms with Crippen molar-refractivity contribution in [2.75, 3.05) is 7.11 Å². The molecule has 1 N–H and O–H groups in total. The maximum atomic E-state index is 13.8. The molecule has 0 aromatic heterocycles. The Morgan fingerprint density at radius 1 is 0.905 bits per heavy atom. The van der Waals surface area contributed by atoms with Crippen LogP contribution in [-0.2, 0) is 0 Å². The third kappa shape index (κ3) is 3.24. The molecule has 0 saturated heterocycles. The van der Waals surface area contributed by atoms with Gasteiger partial charge in [0.15, 0.2) is 0 Å². The Labute approximate surface area is 134 Å². The van der Waals surface area contributed by atoms with E-state index in [4.69, 9.17) is 39.5 Å². The maximum absolute atomic E-state index is 13.8. The molecule has 0 saturated carbocycles. The molecule has 7 heteroatoms. The number of aliphatic hydroxyl groups excluding tert-OH is 1. The normalized spacial score (nSPS) is 12.3. The van der Waals surface area contributed by atoms with Crippen molar-refractivity contribution >= 4 is 34.8 Å². The summed E-state index contributed by atoms with van der Waals surface area (Å²) in [6.07, 6.45) is -1.49. The fourth-order valence-electron chi connectivity index (χ4n) is 1.82. The molecule has 0 aliphatic carbocycles. The third-order valence-electron chi connectivity index (χ3n) is 2.90. The quantitative estimate of drug-likeness (QED) is 0.786. The minimum Gasteiger partial charge on any atom is -0.495 e. The lowest BCUT2D eigenvalue weighted by molar-refractivity contribution is 0.214. The van der Waals surface area contributed by atoms with Crippen LogP contribution in [0.5, 0.6) is 5.75 Å². The first-order valence-electron chi connectivity index (χ1n) is 5.70. The Morgan fingerprint density at radius 3 is 2.19 bits per heavy atom. The Kier molecular flexibility index (Phi) is 4.94. The maximum Gasteiger partial charge on any atom is 0.142 e. The zero-order chi connectivity index (χ0) is 15.7. The molecule has 1 unspecified atom stereocenters. The molecule has 2 aromatic carbocycles. The van der Waals surface area contributed by atoms with Gasteiger partial charge in [0.05, 0.1) is 22.2 Å². The highest BCUT2D eigenvalue weighted by Gasteiger charge is 2.21. The highest BCUT2D eigenvalue weighted by atomic mass is 35.5. The van der Waals surface area contributed by atoms with Crippen LogP contribution in [0.4, 0.5) is 8.78 Å². The van der Waals surface area contributed by atoms with Crippen molar-refractivity contribution in [2.45, 2.75) is 6.10 Å². The predicted octanol–water partition coefficient (Wildman–Crippen LogP) is 5.02. The number of aliphatic hydroxyl groups is 1. The number of hydrogen-bond donors (Lipinski definition) is 1. The Morgan fingerprint density at radius 2 is 1.57 bits per heavy atom. The van der Waals surface area contributed by atoms with Crippen molar-refractivity contribution in [1.82, 2.24) is 0 Å². The van der Waals surface area contributed by atoms with Crippen LogP contribution in [0.2, 0.25) is 15.1 Å². The fraction of sp³-hybridized carbons (Fsp3) is 0.143. The van der Waals surface area contributed by atoms with E-state index >= 15 is 0 Å². The molecule has 1 atom stereocenters. The zero-order valence-corrected chi connectivity index (χ0v) is 12.9. The summed E-state index contributed by atoms with van der Waals surface area (Å²) < 4.78 is 32.3. The summed E-state index contributed by atoms with van der Waals surface area (Å²) in [6.45, 7) is 0. The minimum absolute atomic E-state index is 0.110. The van der Waals surface area contributed by atoms with Crippen LogP contribution in [-0.4, -0.2) is 12.2 Å². The highest BCUT2D eigenvalue weighted by Crippen LogP contribution is 2.37. The van der Waals surface area contributed by atoms with Gasteiger partial charge in [-0.1, -0.05) is 34.8 Å². The van der Waals surface area contributed by atoms with E-state index in [0.717, 1.165) is 12.1 Å². The first-order valence-corrected chi connectivity index (χ1v) is 6.84. The average molecular weight is 354 g/mol. The van der Waals surface area contributed by atoms with Crippen molar-refractivity contribution in [2.24, 2.45) is 0 Å². The van der Waals surface area contributed by atoms with Crippen molar-refractivity contribution in [3.8, 4) is 5.75 Å². The van der Waals surface area contributed by atoms with E-state index in [1.54, 1.807) is 0 Å². The second-order valence-corrected chi connectivity index (χ2v) is 5.42. The SMILES string of the molecule is COc1cc(Cl)c(C(O)c2cc(F)c(Cl)cc2F)cc1Cl. The van der Waals surface area contributed by atoms with Crippen LogP contribution >= 0.6 is 34.8 Å². The molecule has 0 heterocycles. The lowest BCUT2D eigenvalue weighted by Gasteiger charge is -2.16. The molecule has 0 spiro atoms.